The molecular weight excluding hydrogens is 346 g/mol. The lowest BCUT2D eigenvalue weighted by Crippen LogP contribution is -2.61. The number of carbonyl (C=O) groups excluding carboxylic acids is 1. The standard InChI is InChI=1S/C17H23NO4S2/c1-12(24-4)10-15(23)18(3,13(2)16(19)20)17(21)22-11-14-8-6-5-7-9-14/h5-9,12-13H,10-11H2,1-4H3/p+1/t12?,13-,18?/m0/s1. The highest BCUT2D eigenvalue weighted by Crippen LogP contribution is 2.22. The molecule has 0 heterocycles. The number of benzene rings is 1. The number of carboxylic acid groups (broad SMARTS) is 1. The van der Waals surface area contributed by atoms with Crippen molar-refractivity contribution in [3.05, 3.63) is 35.9 Å². The Hall–Kier alpha value is -1.44. The summed E-state index contributed by atoms with van der Waals surface area (Å²) in [7, 11) is 1.52. The number of thioether (sulfide) groups is 1. The van der Waals surface area contributed by atoms with Crippen LogP contribution >= 0.6 is 24.0 Å². The molecule has 24 heavy (non-hydrogen) atoms. The molecular formula is C17H24NO4S2+. The second-order valence-corrected chi connectivity index (χ2v) is 7.52. The van der Waals surface area contributed by atoms with Crippen LogP contribution in [0.1, 0.15) is 25.8 Å². The summed E-state index contributed by atoms with van der Waals surface area (Å²) in [5, 5.41) is 9.60. The fourth-order valence-electron chi connectivity index (χ4n) is 2.07. The Bertz CT molecular complexity index is 594. The van der Waals surface area contributed by atoms with Gasteiger partial charge in [-0.15, -0.1) is 0 Å². The van der Waals surface area contributed by atoms with Crippen molar-refractivity contribution in [2.75, 3.05) is 13.3 Å². The lowest BCUT2D eigenvalue weighted by atomic mass is 10.2. The van der Waals surface area contributed by atoms with Crippen molar-refractivity contribution in [1.29, 1.82) is 0 Å². The molecule has 1 aromatic carbocycles. The van der Waals surface area contributed by atoms with Crippen LogP contribution < -0.4 is 0 Å². The molecule has 5 nitrogen and oxygen atoms in total. The maximum Gasteiger partial charge on any atom is 0.522 e. The number of amides is 1. The summed E-state index contributed by atoms with van der Waals surface area (Å²) in [4.78, 5) is 24.5. The number of aliphatic carboxylic acids is 1. The fraction of sp³-hybridized carbons (Fsp3) is 0.471. The SMILES string of the molecule is CSC(C)CC(=S)[N+](C)(C(=O)OCc1ccccc1)[C@@H](C)C(=O)O. The van der Waals surface area contributed by atoms with Gasteiger partial charge in [0.15, 0.2) is 11.0 Å². The van der Waals surface area contributed by atoms with Crippen molar-refractivity contribution in [1.82, 2.24) is 0 Å². The number of likely N-dealkylation sites (N-methyl/N-ethyl adjacent to an activating group) is 1. The Morgan fingerprint density at radius 2 is 1.88 bits per heavy atom. The van der Waals surface area contributed by atoms with E-state index in [-0.39, 0.29) is 11.9 Å². The number of carbonyl (C=O) groups is 2. The molecule has 0 saturated carbocycles. The van der Waals surface area contributed by atoms with E-state index in [1.54, 1.807) is 11.8 Å². The molecule has 0 spiro atoms. The predicted molar refractivity (Wildman–Crippen MR) is 100 cm³/mol. The van der Waals surface area contributed by atoms with Gasteiger partial charge < -0.3 is 9.84 Å². The number of thiocarbonyl (C=S) groups is 1. The summed E-state index contributed by atoms with van der Waals surface area (Å²) in [5.41, 5.74) is 0.837. The monoisotopic (exact) mass is 370 g/mol. The van der Waals surface area contributed by atoms with Crippen LogP contribution in [0, 0.1) is 0 Å². The van der Waals surface area contributed by atoms with Crippen LogP contribution in [0.25, 0.3) is 0 Å². The van der Waals surface area contributed by atoms with Gasteiger partial charge in [-0.05, 0) is 24.0 Å². The van der Waals surface area contributed by atoms with Gasteiger partial charge in [-0.1, -0.05) is 37.3 Å². The van der Waals surface area contributed by atoms with Crippen LogP contribution in [0.4, 0.5) is 4.79 Å². The van der Waals surface area contributed by atoms with Gasteiger partial charge in [0.05, 0.1) is 7.05 Å². The van der Waals surface area contributed by atoms with Crippen LogP contribution in [0.5, 0.6) is 0 Å². The van der Waals surface area contributed by atoms with Crippen LogP contribution in [0.3, 0.4) is 0 Å². The molecule has 0 aliphatic rings. The zero-order valence-electron chi connectivity index (χ0n) is 14.4. The molecule has 3 atom stereocenters. The Labute approximate surface area is 152 Å². The molecule has 0 aliphatic heterocycles. The number of ether oxygens (including phenoxy) is 1. The number of carboxylic acids is 1. The first-order valence-corrected chi connectivity index (χ1v) is 9.29. The molecule has 0 aliphatic carbocycles. The average molecular weight is 371 g/mol. The minimum atomic E-state index is -1.09. The molecule has 0 radical (unpaired) electrons. The number of hydrogen-bond acceptors (Lipinski definition) is 5. The highest BCUT2D eigenvalue weighted by Gasteiger charge is 2.48. The van der Waals surface area contributed by atoms with E-state index in [0.717, 1.165) is 5.56 Å². The number of hydrogen-bond donors (Lipinski definition) is 1. The summed E-state index contributed by atoms with van der Waals surface area (Å²) in [6, 6.07) is 8.23. The van der Waals surface area contributed by atoms with Crippen molar-refractivity contribution in [2.45, 2.75) is 38.2 Å². The van der Waals surface area contributed by atoms with Gasteiger partial charge in [0.25, 0.3) is 0 Å². The fourth-order valence-corrected chi connectivity index (χ4v) is 2.98. The third kappa shape index (κ3) is 5.03. The first-order valence-electron chi connectivity index (χ1n) is 7.59. The van der Waals surface area contributed by atoms with Gasteiger partial charge in [0.2, 0.25) is 0 Å². The average Bonchev–Trinajstić information content (AvgIpc) is 2.58. The highest BCUT2D eigenvalue weighted by molar-refractivity contribution is 7.99. The molecule has 132 valence electrons. The lowest BCUT2D eigenvalue weighted by molar-refractivity contribution is -0.761. The number of rotatable bonds is 7. The second kappa shape index (κ2) is 9.15. The van der Waals surface area contributed by atoms with E-state index in [2.05, 4.69) is 0 Å². The molecule has 0 saturated heterocycles. The van der Waals surface area contributed by atoms with E-state index in [1.807, 2.05) is 43.5 Å². The molecule has 0 aromatic heterocycles. The lowest BCUT2D eigenvalue weighted by Gasteiger charge is -2.33. The summed E-state index contributed by atoms with van der Waals surface area (Å²) < 4.78 is 4.84. The largest absolute Gasteiger partial charge is 0.522 e. The smallest absolute Gasteiger partial charge is 0.477 e. The quantitative estimate of drug-likeness (QED) is 0.583. The number of quaternary nitrogens is 1. The Morgan fingerprint density at radius 1 is 1.29 bits per heavy atom. The van der Waals surface area contributed by atoms with E-state index >= 15 is 0 Å². The van der Waals surface area contributed by atoms with E-state index in [4.69, 9.17) is 17.0 Å². The summed E-state index contributed by atoms with van der Waals surface area (Å²) in [5.74, 6) is -1.09. The van der Waals surface area contributed by atoms with E-state index in [9.17, 15) is 14.7 Å². The molecule has 2 unspecified atom stereocenters. The molecule has 0 fully saturated rings. The Morgan fingerprint density at radius 3 is 2.38 bits per heavy atom. The maximum absolute atomic E-state index is 12.7. The first kappa shape index (κ1) is 20.6. The van der Waals surface area contributed by atoms with Gasteiger partial charge in [0.1, 0.15) is 6.61 Å². The third-order valence-electron chi connectivity index (χ3n) is 4.10. The summed E-state index contributed by atoms with van der Waals surface area (Å²) in [6.45, 7) is 3.55. The summed E-state index contributed by atoms with van der Waals surface area (Å²) in [6.07, 6.45) is 1.77. The highest BCUT2D eigenvalue weighted by atomic mass is 32.2. The van der Waals surface area contributed by atoms with Crippen molar-refractivity contribution >= 4 is 41.0 Å². The normalized spacial score (nSPS) is 15.8. The second-order valence-electron chi connectivity index (χ2n) is 5.77. The topological polar surface area (TPSA) is 63.6 Å². The van der Waals surface area contributed by atoms with Crippen LogP contribution in [0.15, 0.2) is 30.3 Å². The minimum absolute atomic E-state index is 0.0839. The van der Waals surface area contributed by atoms with Gasteiger partial charge in [-0.2, -0.15) is 21.0 Å². The van der Waals surface area contributed by atoms with E-state index in [0.29, 0.717) is 11.4 Å². The molecule has 1 aromatic rings. The Kier molecular flexibility index (Phi) is 7.86. The maximum atomic E-state index is 12.7. The van der Waals surface area contributed by atoms with Crippen molar-refractivity contribution in [3.8, 4) is 0 Å². The number of nitrogens with zero attached hydrogens (tertiary/aromatic N) is 1. The predicted octanol–water partition coefficient (Wildman–Crippen LogP) is 3.71. The van der Waals surface area contributed by atoms with E-state index < -0.39 is 22.6 Å². The van der Waals surface area contributed by atoms with Gasteiger partial charge in [0, 0.05) is 18.6 Å². The minimum Gasteiger partial charge on any atom is -0.477 e. The zero-order chi connectivity index (χ0) is 18.3. The van der Waals surface area contributed by atoms with Gasteiger partial charge in [-0.25, -0.2) is 4.79 Å². The van der Waals surface area contributed by atoms with Crippen molar-refractivity contribution < 1.29 is 23.9 Å². The van der Waals surface area contributed by atoms with E-state index in [1.165, 1.54) is 14.0 Å². The molecule has 0 bridgehead atoms. The molecule has 1 N–H and O–H groups in total. The van der Waals surface area contributed by atoms with Crippen molar-refractivity contribution in [3.63, 3.8) is 0 Å². The van der Waals surface area contributed by atoms with Crippen LogP contribution in [-0.4, -0.2) is 51.2 Å². The molecule has 1 amide bonds. The third-order valence-corrected chi connectivity index (χ3v) is 5.62. The van der Waals surface area contributed by atoms with Crippen molar-refractivity contribution in [2.24, 2.45) is 0 Å². The molecule has 7 heteroatoms. The summed E-state index contributed by atoms with van der Waals surface area (Å²) >= 11 is 7.04. The van der Waals surface area contributed by atoms with Gasteiger partial charge in [-0.3, -0.25) is 0 Å². The Balaban J connectivity index is 2.97. The van der Waals surface area contributed by atoms with Gasteiger partial charge >= 0.3 is 12.1 Å². The van der Waals surface area contributed by atoms with Crippen LogP contribution in [-0.2, 0) is 16.1 Å². The first-order chi connectivity index (χ1) is 11.2. The zero-order valence-corrected chi connectivity index (χ0v) is 16.0. The molecule has 1 rings (SSSR count). The van der Waals surface area contributed by atoms with Crippen LogP contribution in [0.2, 0.25) is 0 Å².